The van der Waals surface area contributed by atoms with E-state index in [1.54, 1.807) is 23.9 Å². The van der Waals surface area contributed by atoms with Crippen LogP contribution >= 0.6 is 0 Å². The summed E-state index contributed by atoms with van der Waals surface area (Å²) in [6, 6.07) is 14.8. The Kier molecular flexibility index (Phi) is 4.52. The number of carbonyl (C=O) groups excluding carboxylic acids is 1. The molecule has 2 N–H and O–H groups in total. The molecule has 0 fully saturated rings. The van der Waals surface area contributed by atoms with E-state index in [-0.39, 0.29) is 5.91 Å². The van der Waals surface area contributed by atoms with Crippen LogP contribution in [0.5, 0.6) is 5.75 Å². The number of nitrogens with zero attached hydrogens (tertiary/aromatic N) is 4. The molecular formula is C20H20N6O2. The molecule has 0 saturated carbocycles. The second kappa shape index (κ2) is 7.15. The fourth-order valence-electron chi connectivity index (χ4n) is 3.43. The molecule has 1 aliphatic heterocycles. The van der Waals surface area contributed by atoms with Gasteiger partial charge in [-0.05, 0) is 47.5 Å². The number of ether oxygens (including phenoxy) is 1. The lowest BCUT2D eigenvalue weighted by Gasteiger charge is -2.29. The Hall–Kier alpha value is -3.68. The summed E-state index contributed by atoms with van der Waals surface area (Å²) in [5.74, 6) is 0.844. The van der Waals surface area contributed by atoms with Crippen molar-refractivity contribution in [2.24, 2.45) is 0 Å². The number of tetrazole rings is 1. The summed E-state index contributed by atoms with van der Waals surface area (Å²) in [7, 11) is 1.57. The molecule has 1 unspecified atom stereocenters. The summed E-state index contributed by atoms with van der Waals surface area (Å²) in [5.41, 5.74) is 3.85. The summed E-state index contributed by atoms with van der Waals surface area (Å²) in [4.78, 5) is 13.3. The van der Waals surface area contributed by atoms with Crippen molar-refractivity contribution < 1.29 is 9.53 Å². The first-order chi connectivity index (χ1) is 13.6. The summed E-state index contributed by atoms with van der Waals surface area (Å²) < 4.78 is 6.98. The largest absolute Gasteiger partial charge is 0.495 e. The Balaban J connectivity index is 1.79. The minimum Gasteiger partial charge on any atom is -0.495 e. The first-order valence-electron chi connectivity index (χ1n) is 8.85. The number of amides is 1. The average molecular weight is 376 g/mol. The van der Waals surface area contributed by atoms with Crippen molar-refractivity contribution in [3.63, 3.8) is 0 Å². The van der Waals surface area contributed by atoms with Crippen LogP contribution in [0.25, 0.3) is 0 Å². The van der Waals surface area contributed by atoms with E-state index in [2.05, 4.69) is 26.2 Å². The molecule has 28 heavy (non-hydrogen) atoms. The number of para-hydroxylation sites is 2. The predicted molar refractivity (Wildman–Crippen MR) is 105 cm³/mol. The second-order valence-electron chi connectivity index (χ2n) is 6.52. The quantitative estimate of drug-likeness (QED) is 0.727. The number of benzene rings is 2. The molecule has 0 aliphatic carbocycles. The highest BCUT2D eigenvalue weighted by Gasteiger charge is 2.34. The maximum atomic E-state index is 13.3. The molecule has 1 amide bonds. The number of carbonyl (C=O) groups is 1. The van der Waals surface area contributed by atoms with Gasteiger partial charge in [0.05, 0.1) is 18.4 Å². The zero-order valence-electron chi connectivity index (χ0n) is 15.8. The van der Waals surface area contributed by atoms with Gasteiger partial charge in [0, 0.05) is 5.70 Å². The number of methoxy groups -OCH3 is 1. The van der Waals surface area contributed by atoms with E-state index in [1.807, 2.05) is 50.2 Å². The van der Waals surface area contributed by atoms with Gasteiger partial charge in [0.15, 0.2) is 0 Å². The number of hydrogen-bond donors (Lipinski definition) is 2. The molecular weight excluding hydrogens is 356 g/mol. The van der Waals surface area contributed by atoms with E-state index < -0.39 is 6.04 Å². The lowest BCUT2D eigenvalue weighted by Crippen LogP contribution is -2.32. The van der Waals surface area contributed by atoms with Gasteiger partial charge in [-0.25, -0.2) is 0 Å². The van der Waals surface area contributed by atoms with Crippen molar-refractivity contribution in [3.05, 3.63) is 70.9 Å². The second-order valence-corrected chi connectivity index (χ2v) is 6.52. The smallest absolute Gasteiger partial charge is 0.255 e. The van der Waals surface area contributed by atoms with Crippen LogP contribution in [0.2, 0.25) is 0 Å². The molecule has 1 atom stereocenters. The topological polar surface area (TPSA) is 94.0 Å². The van der Waals surface area contributed by atoms with Crippen LogP contribution < -0.4 is 15.4 Å². The molecule has 8 nitrogen and oxygen atoms in total. The Bertz CT molecular complexity index is 1070. The zero-order chi connectivity index (χ0) is 19.7. The van der Waals surface area contributed by atoms with Gasteiger partial charge in [0.2, 0.25) is 5.95 Å². The maximum Gasteiger partial charge on any atom is 0.255 e. The van der Waals surface area contributed by atoms with Gasteiger partial charge >= 0.3 is 0 Å². The Morgan fingerprint density at radius 2 is 1.89 bits per heavy atom. The molecule has 142 valence electrons. The molecule has 2 aromatic carbocycles. The number of rotatable bonds is 4. The Morgan fingerprint density at radius 3 is 2.68 bits per heavy atom. The van der Waals surface area contributed by atoms with Gasteiger partial charge in [-0.2, -0.15) is 4.68 Å². The molecule has 2 heterocycles. The van der Waals surface area contributed by atoms with Crippen LogP contribution in [0.1, 0.15) is 24.1 Å². The zero-order valence-corrected chi connectivity index (χ0v) is 15.8. The van der Waals surface area contributed by atoms with E-state index in [4.69, 9.17) is 4.74 Å². The van der Waals surface area contributed by atoms with E-state index in [0.29, 0.717) is 28.7 Å². The van der Waals surface area contributed by atoms with Gasteiger partial charge in [0.25, 0.3) is 5.91 Å². The monoisotopic (exact) mass is 376 g/mol. The minimum absolute atomic E-state index is 0.246. The first kappa shape index (κ1) is 17.7. The van der Waals surface area contributed by atoms with Crippen molar-refractivity contribution in [3.8, 4) is 5.75 Å². The van der Waals surface area contributed by atoms with Gasteiger partial charge < -0.3 is 15.4 Å². The minimum atomic E-state index is -0.442. The summed E-state index contributed by atoms with van der Waals surface area (Å²) in [6.45, 7) is 3.85. The van der Waals surface area contributed by atoms with Gasteiger partial charge in [0.1, 0.15) is 11.8 Å². The van der Waals surface area contributed by atoms with E-state index in [1.165, 1.54) is 0 Å². The highest BCUT2D eigenvalue weighted by Crippen LogP contribution is 2.36. The SMILES string of the molecule is COc1ccccc1NC(=O)C1=C(C)Nc2nnnn2C1c1ccccc1C. The van der Waals surface area contributed by atoms with E-state index >= 15 is 0 Å². The molecule has 1 aromatic heterocycles. The standard InChI is InChI=1S/C20H20N6O2/c1-12-8-4-5-9-14(12)18-17(13(2)21-20-23-24-25-26(18)20)19(27)22-15-10-6-7-11-16(15)28-3/h4-11,18H,1-3H3,(H,22,27)(H,21,23,25). The number of hydrogen-bond acceptors (Lipinski definition) is 6. The van der Waals surface area contributed by atoms with Gasteiger partial charge in [-0.3, -0.25) is 4.79 Å². The number of fused-ring (bicyclic) bond motifs is 1. The van der Waals surface area contributed by atoms with E-state index in [0.717, 1.165) is 11.1 Å². The third kappa shape index (κ3) is 2.98. The Labute approximate surface area is 162 Å². The highest BCUT2D eigenvalue weighted by molar-refractivity contribution is 6.06. The van der Waals surface area contributed by atoms with E-state index in [9.17, 15) is 4.79 Å². The third-order valence-corrected chi connectivity index (χ3v) is 4.80. The van der Waals surface area contributed by atoms with Crippen LogP contribution in [0.15, 0.2) is 59.8 Å². The van der Waals surface area contributed by atoms with Gasteiger partial charge in [-0.15, -0.1) is 0 Å². The summed E-state index contributed by atoms with van der Waals surface area (Å²) in [5, 5.41) is 18.0. The van der Waals surface area contributed by atoms with Crippen molar-refractivity contribution in [1.82, 2.24) is 20.2 Å². The van der Waals surface area contributed by atoms with Gasteiger partial charge in [-0.1, -0.05) is 41.5 Å². The molecule has 0 spiro atoms. The van der Waals surface area contributed by atoms with Crippen molar-refractivity contribution in [1.29, 1.82) is 0 Å². The number of aryl methyl sites for hydroxylation is 1. The fraction of sp³-hybridized carbons (Fsp3) is 0.200. The van der Waals surface area contributed by atoms with Crippen molar-refractivity contribution >= 4 is 17.5 Å². The van der Waals surface area contributed by atoms with Crippen LogP contribution in [-0.4, -0.2) is 33.2 Å². The molecule has 0 radical (unpaired) electrons. The predicted octanol–water partition coefficient (Wildman–Crippen LogP) is 2.92. The highest BCUT2D eigenvalue weighted by atomic mass is 16.5. The van der Waals surface area contributed by atoms with Crippen LogP contribution in [0, 0.1) is 6.92 Å². The molecule has 0 saturated heterocycles. The van der Waals surface area contributed by atoms with Crippen LogP contribution in [-0.2, 0) is 4.79 Å². The number of allylic oxidation sites excluding steroid dienone is 1. The number of anilines is 2. The lowest BCUT2D eigenvalue weighted by atomic mass is 9.92. The molecule has 8 heteroatoms. The lowest BCUT2D eigenvalue weighted by molar-refractivity contribution is -0.113. The first-order valence-corrected chi connectivity index (χ1v) is 8.85. The fourth-order valence-corrected chi connectivity index (χ4v) is 3.43. The summed E-state index contributed by atoms with van der Waals surface area (Å²) >= 11 is 0. The van der Waals surface area contributed by atoms with Crippen molar-refractivity contribution in [2.45, 2.75) is 19.9 Å². The Morgan fingerprint density at radius 1 is 1.14 bits per heavy atom. The normalized spacial score (nSPS) is 15.6. The average Bonchev–Trinajstić information content (AvgIpc) is 3.16. The third-order valence-electron chi connectivity index (χ3n) is 4.80. The number of aromatic nitrogens is 4. The van der Waals surface area contributed by atoms with Crippen LogP contribution in [0.4, 0.5) is 11.6 Å². The molecule has 3 aromatic rings. The molecule has 4 rings (SSSR count). The summed E-state index contributed by atoms with van der Waals surface area (Å²) in [6.07, 6.45) is 0. The van der Waals surface area contributed by atoms with Crippen molar-refractivity contribution in [2.75, 3.05) is 17.7 Å². The maximum absolute atomic E-state index is 13.3. The molecule has 1 aliphatic rings. The number of nitrogens with one attached hydrogen (secondary N) is 2. The van der Waals surface area contributed by atoms with Crippen LogP contribution in [0.3, 0.4) is 0 Å². The molecule has 0 bridgehead atoms.